The average molecular weight is 698 g/mol. The minimum Gasteiger partial charge on any atom is -0.496 e. The number of carbonyl (C=O) groups excluding carboxylic acids is 3. The molecule has 4 N–H and O–H groups in total. The van der Waals surface area contributed by atoms with Crippen molar-refractivity contribution in [2.75, 3.05) is 13.7 Å². The van der Waals surface area contributed by atoms with Crippen molar-refractivity contribution in [2.45, 2.75) is 114 Å². The van der Waals surface area contributed by atoms with Crippen molar-refractivity contribution in [3.05, 3.63) is 35.9 Å². The second-order valence-corrected chi connectivity index (χ2v) is 16.0. The summed E-state index contributed by atoms with van der Waals surface area (Å²) in [4.78, 5) is 47.7. The van der Waals surface area contributed by atoms with E-state index in [-0.39, 0.29) is 37.3 Å². The Morgan fingerprint density at radius 2 is 1.92 bits per heavy atom. The van der Waals surface area contributed by atoms with Gasteiger partial charge < -0.3 is 30.2 Å². The number of fused-ring (bicyclic) bond motifs is 3. The van der Waals surface area contributed by atoms with Crippen LogP contribution in [0, 0.1) is 12.8 Å². The number of nitrogens with two attached hydrogens (primary N) is 1. The zero-order chi connectivity index (χ0) is 35.1. The maximum absolute atomic E-state index is 14.1. The molecule has 4 aliphatic rings. The molecule has 3 amide bonds. The van der Waals surface area contributed by atoms with Crippen LogP contribution in [0.3, 0.4) is 0 Å². The summed E-state index contributed by atoms with van der Waals surface area (Å²) < 4.78 is 45.7. The number of carbonyl (C=O) groups is 3. The number of allylic oxidation sites excluding steroid dienone is 1. The maximum Gasteiger partial charge on any atom is 0.259 e. The number of hydrogen-bond acceptors (Lipinski definition) is 10. The Balaban J connectivity index is 1.31. The number of sulfonamides is 1. The molecular weight excluding hydrogens is 650 g/mol. The van der Waals surface area contributed by atoms with E-state index in [1.54, 1.807) is 13.2 Å². The van der Waals surface area contributed by atoms with Crippen molar-refractivity contribution in [1.29, 1.82) is 0 Å². The largest absolute Gasteiger partial charge is 0.496 e. The number of hydrogen-bond donors (Lipinski definition) is 3. The molecule has 266 valence electrons. The highest BCUT2D eigenvalue weighted by Gasteiger charge is 2.62. The first kappa shape index (κ1) is 34.9. The van der Waals surface area contributed by atoms with Gasteiger partial charge in [-0.05, 0) is 71.4 Å². The highest BCUT2D eigenvalue weighted by molar-refractivity contribution is 7.91. The second-order valence-electron chi connectivity index (χ2n) is 14.0. The summed E-state index contributed by atoms with van der Waals surface area (Å²) in [5.41, 5.74) is 6.41. The number of pyridine rings is 1. The van der Waals surface area contributed by atoms with Crippen molar-refractivity contribution in [3.8, 4) is 17.4 Å². The molecule has 3 heterocycles. The summed E-state index contributed by atoms with van der Waals surface area (Å²) >= 11 is 0. The third kappa shape index (κ3) is 7.35. The molecule has 0 unspecified atom stereocenters. The van der Waals surface area contributed by atoms with Crippen molar-refractivity contribution in [3.63, 3.8) is 0 Å². The van der Waals surface area contributed by atoms with E-state index in [4.69, 9.17) is 24.9 Å². The van der Waals surface area contributed by atoms with E-state index in [2.05, 4.69) is 10.0 Å². The fourth-order valence-corrected chi connectivity index (χ4v) is 8.26. The summed E-state index contributed by atoms with van der Waals surface area (Å²) in [6.45, 7) is 5.78. The molecule has 6 rings (SSSR count). The quantitative estimate of drug-likeness (QED) is 0.347. The standard InChI is InChI=1S/C35H47N5O8S/c1-20(2)47-30-17-29(25-14-15-28(46-4)21(3)31(25)37-30)48-23-16-27-32(41)38-35(34(43)39-49(44,45)24-12-13-24)18-22(35)10-8-6-5-7-9-11-26(36)33(42)40(27)19-23/h8,10,14-15,17,20,22-24,26-27H,5-7,9,11-13,16,18-19,36H2,1-4H3,(H,38,41)(H,39,43)/b10-8-/t22-,23-,26+,27+,35-/m1/s1. The molecule has 2 aliphatic carbocycles. The Bertz CT molecular complexity index is 1760. The Morgan fingerprint density at radius 1 is 1.14 bits per heavy atom. The fraction of sp³-hybridized carbons (Fsp3) is 0.600. The summed E-state index contributed by atoms with van der Waals surface area (Å²) in [6.07, 6.45) is 8.22. The van der Waals surface area contributed by atoms with Crippen molar-refractivity contribution >= 4 is 38.6 Å². The Morgan fingerprint density at radius 3 is 2.63 bits per heavy atom. The minimum absolute atomic E-state index is 0.0858. The number of nitrogens with one attached hydrogen (secondary N) is 2. The molecular formula is C35H47N5O8S. The third-order valence-electron chi connectivity index (χ3n) is 9.88. The van der Waals surface area contributed by atoms with Crippen LogP contribution in [0.2, 0.25) is 0 Å². The predicted molar refractivity (Wildman–Crippen MR) is 183 cm³/mol. The van der Waals surface area contributed by atoms with Crippen LogP contribution in [0.5, 0.6) is 17.4 Å². The van der Waals surface area contributed by atoms with Gasteiger partial charge in [-0.2, -0.15) is 0 Å². The van der Waals surface area contributed by atoms with Gasteiger partial charge in [-0.15, -0.1) is 0 Å². The Labute approximate surface area is 287 Å². The van der Waals surface area contributed by atoms with Crippen LogP contribution in [0.1, 0.15) is 77.2 Å². The molecule has 1 aromatic heterocycles. The first-order valence-electron chi connectivity index (χ1n) is 17.3. The van der Waals surface area contributed by atoms with E-state index in [1.807, 2.05) is 45.1 Å². The van der Waals surface area contributed by atoms with Gasteiger partial charge in [0.1, 0.15) is 29.2 Å². The molecule has 3 fully saturated rings. The first-order chi connectivity index (χ1) is 23.3. The van der Waals surface area contributed by atoms with E-state index in [9.17, 15) is 22.8 Å². The van der Waals surface area contributed by atoms with Crippen LogP contribution in [0.25, 0.3) is 10.9 Å². The highest BCUT2D eigenvalue weighted by atomic mass is 32.2. The van der Waals surface area contributed by atoms with Crippen LogP contribution >= 0.6 is 0 Å². The summed E-state index contributed by atoms with van der Waals surface area (Å²) in [5, 5.41) is 3.01. The van der Waals surface area contributed by atoms with E-state index < -0.39 is 50.8 Å². The predicted octanol–water partition coefficient (Wildman–Crippen LogP) is 3.02. The number of rotatable bonds is 8. The Hall–Kier alpha value is -3.91. The number of amides is 3. The number of benzene rings is 1. The summed E-state index contributed by atoms with van der Waals surface area (Å²) in [7, 11) is -2.25. The lowest BCUT2D eigenvalue weighted by Crippen LogP contribution is -2.57. The normalized spacial score (nSPS) is 28.5. The fourth-order valence-electron chi connectivity index (χ4n) is 6.90. The number of aromatic nitrogens is 1. The van der Waals surface area contributed by atoms with Gasteiger partial charge in [0.25, 0.3) is 5.91 Å². The van der Waals surface area contributed by atoms with Crippen LogP contribution < -0.4 is 30.0 Å². The molecule has 0 bridgehead atoms. The molecule has 49 heavy (non-hydrogen) atoms. The molecule has 0 radical (unpaired) electrons. The number of nitrogens with zero attached hydrogens (tertiary/aromatic N) is 2. The van der Waals surface area contributed by atoms with Gasteiger partial charge in [-0.25, -0.2) is 13.4 Å². The van der Waals surface area contributed by atoms with Crippen LogP contribution in [0.4, 0.5) is 0 Å². The van der Waals surface area contributed by atoms with Gasteiger partial charge in [0.2, 0.25) is 27.7 Å². The first-order valence-corrected chi connectivity index (χ1v) is 18.8. The number of aryl methyl sites for hydroxylation is 1. The van der Waals surface area contributed by atoms with E-state index in [1.165, 1.54) is 4.90 Å². The molecule has 0 spiro atoms. The van der Waals surface area contributed by atoms with E-state index in [0.717, 1.165) is 31.2 Å². The Kier molecular flexibility index (Phi) is 9.82. The lowest BCUT2D eigenvalue weighted by atomic mass is 10.1. The SMILES string of the molecule is COc1ccc2c(O[C@@H]3C[C@H]4C(=O)N[C@]5(C(=O)NS(=O)(=O)C6CC6)C[C@H]5/C=C\CCCCC[C@H](N)C(=O)N4C3)cc(OC(C)C)nc2c1C. The van der Waals surface area contributed by atoms with Crippen LogP contribution in [-0.4, -0.2) is 84.8 Å². The van der Waals surface area contributed by atoms with Crippen LogP contribution in [-0.2, 0) is 24.4 Å². The van der Waals surface area contributed by atoms with Gasteiger partial charge in [0.15, 0.2) is 0 Å². The summed E-state index contributed by atoms with van der Waals surface area (Å²) in [5.74, 6) is -0.556. The average Bonchev–Trinajstić information content (AvgIpc) is 3.97. The lowest BCUT2D eigenvalue weighted by Gasteiger charge is -2.28. The lowest BCUT2D eigenvalue weighted by molar-refractivity contribution is -0.140. The molecule has 2 aliphatic heterocycles. The van der Waals surface area contributed by atoms with Crippen molar-refractivity contribution in [1.82, 2.24) is 19.9 Å². The summed E-state index contributed by atoms with van der Waals surface area (Å²) in [6, 6.07) is 3.58. The zero-order valence-corrected chi connectivity index (χ0v) is 29.4. The minimum atomic E-state index is -3.84. The smallest absolute Gasteiger partial charge is 0.259 e. The van der Waals surface area contributed by atoms with Crippen molar-refractivity contribution < 1.29 is 37.0 Å². The van der Waals surface area contributed by atoms with Gasteiger partial charge in [0.05, 0.1) is 36.6 Å². The van der Waals surface area contributed by atoms with Gasteiger partial charge in [0, 0.05) is 29.4 Å². The third-order valence-corrected chi connectivity index (χ3v) is 11.7. The number of ether oxygens (including phenoxy) is 3. The molecule has 2 saturated carbocycles. The van der Waals surface area contributed by atoms with Crippen molar-refractivity contribution in [2.24, 2.45) is 11.7 Å². The van der Waals surface area contributed by atoms with Gasteiger partial charge in [-0.1, -0.05) is 25.0 Å². The van der Waals surface area contributed by atoms with Crippen LogP contribution in [0.15, 0.2) is 30.4 Å². The molecule has 1 saturated heterocycles. The van der Waals surface area contributed by atoms with Gasteiger partial charge >= 0.3 is 0 Å². The van der Waals surface area contributed by atoms with E-state index in [0.29, 0.717) is 47.5 Å². The number of methoxy groups -OCH3 is 1. The monoisotopic (exact) mass is 697 g/mol. The topological polar surface area (TPSA) is 179 Å². The maximum atomic E-state index is 14.1. The van der Waals surface area contributed by atoms with E-state index >= 15 is 0 Å². The molecule has 2 aromatic rings. The van der Waals surface area contributed by atoms with Gasteiger partial charge in [-0.3, -0.25) is 19.1 Å². The zero-order valence-electron chi connectivity index (χ0n) is 28.6. The molecule has 5 atom stereocenters. The highest BCUT2D eigenvalue weighted by Crippen LogP contribution is 2.46. The molecule has 1 aromatic carbocycles. The molecule has 13 nitrogen and oxygen atoms in total. The second kappa shape index (κ2) is 13.8. The molecule has 14 heteroatoms.